The molecule has 0 N–H and O–H groups in total. The topological polar surface area (TPSA) is 70.4 Å². The molecule has 6 heteroatoms. The van der Waals surface area contributed by atoms with Crippen LogP contribution in [0.4, 0.5) is 4.79 Å². The fourth-order valence-corrected chi connectivity index (χ4v) is 2.16. The van der Waals surface area contributed by atoms with E-state index < -0.39 is 11.8 Å². The maximum absolute atomic E-state index is 12.1. The molecule has 0 bridgehead atoms. The number of aromatic nitrogens is 2. The lowest BCUT2D eigenvalue weighted by Crippen LogP contribution is -2.24. The van der Waals surface area contributed by atoms with Gasteiger partial charge in [-0.25, -0.2) is 9.78 Å². The Morgan fingerprint density at radius 2 is 2.09 bits per heavy atom. The minimum absolute atomic E-state index is 0.142. The molecule has 1 aliphatic rings. The zero-order valence-electron chi connectivity index (χ0n) is 11.9. The van der Waals surface area contributed by atoms with Crippen molar-refractivity contribution in [3.63, 3.8) is 0 Å². The zero-order valence-corrected chi connectivity index (χ0v) is 11.9. The van der Waals surface area contributed by atoms with Crippen molar-refractivity contribution >= 4 is 12.2 Å². The predicted molar refractivity (Wildman–Crippen MR) is 79.7 cm³/mol. The van der Waals surface area contributed by atoms with Gasteiger partial charge in [-0.2, -0.15) is 0 Å². The van der Waals surface area contributed by atoms with Crippen molar-refractivity contribution in [1.29, 1.82) is 0 Å². The summed E-state index contributed by atoms with van der Waals surface area (Å²) in [6.07, 6.45) is 4.35. The van der Waals surface area contributed by atoms with E-state index in [1.54, 1.807) is 49.5 Å². The summed E-state index contributed by atoms with van der Waals surface area (Å²) >= 11 is 0. The maximum Gasteiger partial charge on any atom is 0.509 e. The van der Waals surface area contributed by atoms with E-state index in [0.717, 1.165) is 0 Å². The maximum atomic E-state index is 12.1. The average Bonchev–Trinajstić information content (AvgIpc) is 2.86. The Morgan fingerprint density at radius 1 is 1.23 bits per heavy atom. The molecule has 0 radical (unpaired) electrons. The molecule has 1 aliphatic heterocycles. The van der Waals surface area contributed by atoms with Crippen LogP contribution in [0.3, 0.4) is 0 Å². The van der Waals surface area contributed by atoms with Gasteiger partial charge in [0, 0.05) is 12.3 Å². The highest BCUT2D eigenvalue weighted by Crippen LogP contribution is 2.22. The van der Waals surface area contributed by atoms with Crippen molar-refractivity contribution < 1.29 is 14.3 Å². The fourth-order valence-electron chi connectivity index (χ4n) is 2.16. The van der Waals surface area contributed by atoms with Crippen LogP contribution in [-0.2, 0) is 9.47 Å². The summed E-state index contributed by atoms with van der Waals surface area (Å²) in [4.78, 5) is 27.4. The number of pyridine rings is 2. The van der Waals surface area contributed by atoms with Crippen LogP contribution in [-0.4, -0.2) is 27.9 Å². The Labute approximate surface area is 126 Å². The van der Waals surface area contributed by atoms with Gasteiger partial charge in [0.2, 0.25) is 0 Å². The van der Waals surface area contributed by atoms with Crippen LogP contribution in [0.15, 0.2) is 53.5 Å². The molecule has 0 amide bonds. The van der Waals surface area contributed by atoms with Gasteiger partial charge in [-0.15, -0.1) is 0 Å². The number of carbonyl (C=O) groups is 1. The Hall–Kier alpha value is -2.89. The third kappa shape index (κ3) is 2.76. The van der Waals surface area contributed by atoms with Crippen LogP contribution in [0, 0.1) is 0 Å². The van der Waals surface area contributed by atoms with Crippen molar-refractivity contribution in [3.8, 4) is 5.82 Å². The van der Waals surface area contributed by atoms with Gasteiger partial charge in [-0.1, -0.05) is 12.1 Å². The lowest BCUT2D eigenvalue weighted by Gasteiger charge is -2.14. The van der Waals surface area contributed by atoms with Gasteiger partial charge in [0.1, 0.15) is 12.4 Å². The van der Waals surface area contributed by atoms with Crippen molar-refractivity contribution in [2.24, 2.45) is 0 Å². The lowest BCUT2D eigenvalue weighted by molar-refractivity contribution is 0.0995. The third-order valence-corrected chi connectivity index (χ3v) is 3.26. The highest BCUT2D eigenvalue weighted by molar-refractivity contribution is 5.64. The number of ether oxygens (including phenoxy) is 2. The fraction of sp³-hybridized carbons (Fsp3) is 0.188. The molecule has 1 saturated heterocycles. The number of hydrogen-bond acceptors (Lipinski definition) is 5. The molecule has 1 fully saturated rings. The van der Waals surface area contributed by atoms with Crippen LogP contribution < -0.4 is 5.56 Å². The van der Waals surface area contributed by atoms with E-state index in [4.69, 9.17) is 9.47 Å². The summed E-state index contributed by atoms with van der Waals surface area (Å²) in [5.41, 5.74) is -0.390. The van der Waals surface area contributed by atoms with Gasteiger partial charge < -0.3 is 9.47 Å². The molecular formula is C16H14N2O4. The summed E-state index contributed by atoms with van der Waals surface area (Å²) in [5, 5.41) is 0. The van der Waals surface area contributed by atoms with Crippen LogP contribution in [0.25, 0.3) is 11.9 Å². The van der Waals surface area contributed by atoms with Crippen molar-refractivity contribution in [2.45, 2.75) is 12.5 Å². The van der Waals surface area contributed by atoms with Crippen molar-refractivity contribution in [1.82, 2.24) is 9.55 Å². The molecule has 22 heavy (non-hydrogen) atoms. The van der Waals surface area contributed by atoms with Gasteiger partial charge in [0.05, 0.1) is 5.69 Å². The van der Waals surface area contributed by atoms with Crippen LogP contribution in [0.1, 0.15) is 12.6 Å². The van der Waals surface area contributed by atoms with Crippen LogP contribution >= 0.6 is 0 Å². The van der Waals surface area contributed by atoms with E-state index in [1.807, 2.05) is 6.07 Å². The lowest BCUT2D eigenvalue weighted by atomic mass is 10.1. The Morgan fingerprint density at radius 3 is 2.77 bits per heavy atom. The summed E-state index contributed by atoms with van der Waals surface area (Å²) in [6.45, 7) is 1.88. The first-order valence-electron chi connectivity index (χ1n) is 6.76. The molecule has 1 unspecified atom stereocenters. The van der Waals surface area contributed by atoms with E-state index in [-0.39, 0.29) is 12.2 Å². The third-order valence-electron chi connectivity index (χ3n) is 3.26. The molecule has 2 aromatic rings. The summed E-state index contributed by atoms with van der Waals surface area (Å²) in [7, 11) is 0. The standard InChI is InChI=1S/C16H14N2O4/c1-16(11-21-15(20)22-16)9-8-12-5-4-7-14(19)18(12)13-6-2-3-10-17-13/h2-10H,11H2,1H3/b9-8+. The molecule has 3 rings (SSSR count). The van der Waals surface area contributed by atoms with E-state index >= 15 is 0 Å². The van der Waals surface area contributed by atoms with E-state index in [1.165, 1.54) is 10.6 Å². The van der Waals surface area contributed by atoms with E-state index in [0.29, 0.717) is 11.5 Å². The summed E-state index contributed by atoms with van der Waals surface area (Å²) in [5.74, 6) is 0.526. The highest BCUT2D eigenvalue weighted by atomic mass is 16.8. The number of hydrogen-bond donors (Lipinski definition) is 0. The SMILES string of the molecule is CC1(/C=C/c2cccc(=O)n2-c2ccccn2)COC(=O)O1. The van der Waals surface area contributed by atoms with Crippen molar-refractivity contribution in [2.75, 3.05) is 6.61 Å². The smallest absolute Gasteiger partial charge is 0.430 e. The largest absolute Gasteiger partial charge is 0.509 e. The molecule has 0 spiro atoms. The molecule has 0 saturated carbocycles. The number of rotatable bonds is 3. The minimum atomic E-state index is -0.835. The zero-order chi connectivity index (χ0) is 15.6. The monoisotopic (exact) mass is 298 g/mol. The molecule has 3 heterocycles. The predicted octanol–water partition coefficient (Wildman–Crippen LogP) is 2.17. The Kier molecular flexibility index (Phi) is 3.50. The van der Waals surface area contributed by atoms with Gasteiger partial charge in [0.15, 0.2) is 5.60 Å². The molecule has 112 valence electrons. The Balaban J connectivity index is 2.00. The second kappa shape index (κ2) is 5.48. The van der Waals surface area contributed by atoms with Gasteiger partial charge in [-0.05, 0) is 37.3 Å². The second-order valence-corrected chi connectivity index (χ2v) is 5.10. The molecular weight excluding hydrogens is 284 g/mol. The number of carbonyl (C=O) groups excluding carboxylic acids is 1. The second-order valence-electron chi connectivity index (χ2n) is 5.10. The Bertz CT molecular complexity index is 782. The van der Waals surface area contributed by atoms with Crippen LogP contribution in [0.5, 0.6) is 0 Å². The van der Waals surface area contributed by atoms with Gasteiger partial charge in [0.25, 0.3) is 5.56 Å². The van der Waals surface area contributed by atoms with E-state index in [2.05, 4.69) is 4.98 Å². The molecule has 1 atom stereocenters. The van der Waals surface area contributed by atoms with Crippen molar-refractivity contribution in [3.05, 3.63) is 64.7 Å². The first kappa shape index (κ1) is 14.1. The molecule has 0 aromatic carbocycles. The average molecular weight is 298 g/mol. The summed E-state index contributed by atoms with van der Waals surface area (Å²) in [6, 6.07) is 10.3. The number of nitrogens with zero attached hydrogens (tertiary/aromatic N) is 2. The number of cyclic esters (lactones) is 2. The van der Waals surface area contributed by atoms with Gasteiger partial charge in [-0.3, -0.25) is 9.36 Å². The van der Waals surface area contributed by atoms with Crippen LogP contribution in [0.2, 0.25) is 0 Å². The van der Waals surface area contributed by atoms with E-state index in [9.17, 15) is 9.59 Å². The first-order valence-corrected chi connectivity index (χ1v) is 6.76. The summed E-state index contributed by atoms with van der Waals surface area (Å²) < 4.78 is 11.4. The normalized spacial score (nSPS) is 20.9. The molecule has 6 nitrogen and oxygen atoms in total. The quantitative estimate of drug-likeness (QED) is 0.812. The highest BCUT2D eigenvalue weighted by Gasteiger charge is 2.35. The molecule has 0 aliphatic carbocycles. The molecule has 2 aromatic heterocycles. The minimum Gasteiger partial charge on any atom is -0.430 e. The first-order chi connectivity index (χ1) is 10.6. The van der Waals surface area contributed by atoms with Gasteiger partial charge >= 0.3 is 6.16 Å².